The Hall–Kier alpha value is -1.09. The summed E-state index contributed by atoms with van der Waals surface area (Å²) in [5.74, 6) is 2.95. The van der Waals surface area contributed by atoms with E-state index >= 15 is 0 Å². The predicted molar refractivity (Wildman–Crippen MR) is 69.9 cm³/mol. The van der Waals surface area contributed by atoms with Crippen molar-refractivity contribution in [3.63, 3.8) is 0 Å². The highest BCUT2D eigenvalue weighted by molar-refractivity contribution is 5.43. The van der Waals surface area contributed by atoms with E-state index in [1.165, 1.54) is 37.9 Å². The SMILES string of the molecule is C[C@H](N)c1ccnc(N2CC3CCCC3C2)c1. The molecule has 1 aliphatic heterocycles. The molecule has 2 unspecified atom stereocenters. The molecule has 1 aromatic rings. The first kappa shape index (κ1) is 11.0. The zero-order chi connectivity index (χ0) is 11.8. The van der Waals surface area contributed by atoms with Crippen molar-refractivity contribution in [1.29, 1.82) is 0 Å². The summed E-state index contributed by atoms with van der Waals surface area (Å²) in [5.41, 5.74) is 7.11. The van der Waals surface area contributed by atoms with Crippen molar-refractivity contribution in [2.24, 2.45) is 17.6 Å². The molecule has 92 valence electrons. The van der Waals surface area contributed by atoms with E-state index in [4.69, 9.17) is 5.73 Å². The van der Waals surface area contributed by atoms with Gasteiger partial charge in [0.05, 0.1) is 0 Å². The van der Waals surface area contributed by atoms with Gasteiger partial charge in [-0.2, -0.15) is 0 Å². The van der Waals surface area contributed by atoms with Crippen LogP contribution in [0.2, 0.25) is 0 Å². The van der Waals surface area contributed by atoms with Gasteiger partial charge in [0, 0.05) is 25.3 Å². The smallest absolute Gasteiger partial charge is 0.128 e. The maximum atomic E-state index is 5.93. The van der Waals surface area contributed by atoms with Gasteiger partial charge in [0.15, 0.2) is 0 Å². The molecule has 0 bridgehead atoms. The van der Waals surface area contributed by atoms with Crippen molar-refractivity contribution in [1.82, 2.24) is 4.98 Å². The van der Waals surface area contributed by atoms with Crippen molar-refractivity contribution in [2.75, 3.05) is 18.0 Å². The summed E-state index contributed by atoms with van der Waals surface area (Å²) in [6.07, 6.45) is 6.14. The topological polar surface area (TPSA) is 42.1 Å². The lowest BCUT2D eigenvalue weighted by atomic mass is 10.0. The summed E-state index contributed by atoms with van der Waals surface area (Å²) in [7, 11) is 0. The second-order valence-electron chi connectivity index (χ2n) is 5.59. The maximum Gasteiger partial charge on any atom is 0.128 e. The minimum atomic E-state index is 0.0962. The number of hydrogen-bond acceptors (Lipinski definition) is 3. The lowest BCUT2D eigenvalue weighted by molar-refractivity contribution is 0.494. The van der Waals surface area contributed by atoms with E-state index in [1.807, 2.05) is 19.2 Å². The van der Waals surface area contributed by atoms with Gasteiger partial charge in [-0.25, -0.2) is 4.98 Å². The maximum absolute atomic E-state index is 5.93. The average Bonchev–Trinajstić information content (AvgIpc) is 2.89. The van der Waals surface area contributed by atoms with Crippen molar-refractivity contribution in [3.8, 4) is 0 Å². The molecule has 2 aliphatic rings. The van der Waals surface area contributed by atoms with Crippen LogP contribution in [0.3, 0.4) is 0 Å². The third-order valence-electron chi connectivity index (χ3n) is 4.35. The van der Waals surface area contributed by atoms with Crippen LogP contribution < -0.4 is 10.6 Å². The predicted octanol–water partition coefficient (Wildman–Crippen LogP) is 2.34. The first-order chi connectivity index (χ1) is 8.24. The fraction of sp³-hybridized carbons (Fsp3) is 0.643. The molecule has 3 nitrogen and oxygen atoms in total. The summed E-state index contributed by atoms with van der Waals surface area (Å²) < 4.78 is 0. The molecule has 2 fully saturated rings. The van der Waals surface area contributed by atoms with Crippen molar-refractivity contribution >= 4 is 5.82 Å². The Balaban J connectivity index is 1.78. The van der Waals surface area contributed by atoms with Crippen LogP contribution in [0.15, 0.2) is 18.3 Å². The van der Waals surface area contributed by atoms with Crippen molar-refractivity contribution in [3.05, 3.63) is 23.9 Å². The molecule has 0 aromatic carbocycles. The Morgan fingerprint density at radius 1 is 1.35 bits per heavy atom. The Bertz CT molecular complexity index is 390. The highest BCUT2D eigenvalue weighted by Gasteiger charge is 2.36. The van der Waals surface area contributed by atoms with Gasteiger partial charge in [-0.1, -0.05) is 6.42 Å². The molecule has 0 spiro atoms. The van der Waals surface area contributed by atoms with Crippen LogP contribution in [0.25, 0.3) is 0 Å². The van der Waals surface area contributed by atoms with E-state index in [2.05, 4.69) is 16.0 Å². The molecular weight excluding hydrogens is 210 g/mol. The molecule has 17 heavy (non-hydrogen) atoms. The fourth-order valence-electron chi connectivity index (χ4n) is 3.31. The molecule has 3 atom stereocenters. The van der Waals surface area contributed by atoms with Crippen molar-refractivity contribution in [2.45, 2.75) is 32.2 Å². The number of pyridine rings is 1. The second kappa shape index (κ2) is 4.30. The van der Waals surface area contributed by atoms with Crippen molar-refractivity contribution < 1.29 is 0 Å². The van der Waals surface area contributed by atoms with Gasteiger partial charge in [-0.15, -0.1) is 0 Å². The van der Waals surface area contributed by atoms with Gasteiger partial charge in [0.1, 0.15) is 5.82 Å². The summed E-state index contributed by atoms with van der Waals surface area (Å²) in [6, 6.07) is 4.27. The summed E-state index contributed by atoms with van der Waals surface area (Å²) in [6.45, 7) is 4.41. The van der Waals surface area contributed by atoms with E-state index < -0.39 is 0 Å². The minimum Gasteiger partial charge on any atom is -0.356 e. The number of nitrogens with two attached hydrogens (primary N) is 1. The third-order valence-corrected chi connectivity index (χ3v) is 4.35. The molecule has 0 radical (unpaired) electrons. The molecule has 2 heterocycles. The van der Waals surface area contributed by atoms with Crippen LogP contribution >= 0.6 is 0 Å². The van der Waals surface area contributed by atoms with Crippen LogP contribution in [0.5, 0.6) is 0 Å². The largest absolute Gasteiger partial charge is 0.356 e. The minimum absolute atomic E-state index is 0.0962. The Morgan fingerprint density at radius 2 is 2.06 bits per heavy atom. The van der Waals surface area contributed by atoms with E-state index in [9.17, 15) is 0 Å². The monoisotopic (exact) mass is 231 g/mol. The number of aromatic nitrogens is 1. The summed E-state index contributed by atoms with van der Waals surface area (Å²) in [5, 5.41) is 0. The van der Waals surface area contributed by atoms with Gasteiger partial charge in [0.2, 0.25) is 0 Å². The molecule has 1 saturated carbocycles. The third kappa shape index (κ3) is 2.04. The number of hydrogen-bond donors (Lipinski definition) is 1. The molecular formula is C14H21N3. The van der Waals surface area contributed by atoms with E-state index in [0.29, 0.717) is 0 Å². The zero-order valence-corrected chi connectivity index (χ0v) is 10.5. The molecule has 1 saturated heterocycles. The molecule has 1 aliphatic carbocycles. The molecule has 3 rings (SSSR count). The van der Waals surface area contributed by atoms with E-state index in [0.717, 1.165) is 17.7 Å². The van der Waals surface area contributed by atoms with Crippen LogP contribution in [-0.4, -0.2) is 18.1 Å². The number of nitrogens with zero attached hydrogens (tertiary/aromatic N) is 2. The second-order valence-corrected chi connectivity index (χ2v) is 5.59. The zero-order valence-electron chi connectivity index (χ0n) is 10.5. The van der Waals surface area contributed by atoms with Crippen LogP contribution in [0.1, 0.15) is 37.8 Å². The van der Waals surface area contributed by atoms with Gasteiger partial charge < -0.3 is 10.6 Å². The van der Waals surface area contributed by atoms with Crippen LogP contribution in [0, 0.1) is 11.8 Å². The molecule has 2 N–H and O–H groups in total. The molecule has 1 aromatic heterocycles. The van der Waals surface area contributed by atoms with E-state index in [1.54, 1.807) is 0 Å². The van der Waals surface area contributed by atoms with Gasteiger partial charge >= 0.3 is 0 Å². The summed E-state index contributed by atoms with van der Waals surface area (Å²) in [4.78, 5) is 6.95. The average molecular weight is 231 g/mol. The first-order valence-corrected chi connectivity index (χ1v) is 6.70. The number of anilines is 1. The van der Waals surface area contributed by atoms with Gasteiger partial charge in [-0.3, -0.25) is 0 Å². The van der Waals surface area contributed by atoms with Crippen LogP contribution in [0.4, 0.5) is 5.82 Å². The molecule has 3 heteroatoms. The quantitative estimate of drug-likeness (QED) is 0.849. The Morgan fingerprint density at radius 3 is 2.71 bits per heavy atom. The lowest BCUT2D eigenvalue weighted by Crippen LogP contribution is -2.22. The highest BCUT2D eigenvalue weighted by Crippen LogP contribution is 2.39. The highest BCUT2D eigenvalue weighted by atomic mass is 15.2. The normalized spacial score (nSPS) is 29.4. The van der Waals surface area contributed by atoms with Gasteiger partial charge in [0.25, 0.3) is 0 Å². The lowest BCUT2D eigenvalue weighted by Gasteiger charge is -2.19. The Labute approximate surface area is 103 Å². The Kier molecular flexibility index (Phi) is 2.79. The van der Waals surface area contributed by atoms with Crippen LogP contribution in [-0.2, 0) is 0 Å². The number of fused-ring (bicyclic) bond motifs is 1. The molecule has 0 amide bonds. The first-order valence-electron chi connectivity index (χ1n) is 6.70. The summed E-state index contributed by atoms with van der Waals surface area (Å²) >= 11 is 0. The number of rotatable bonds is 2. The van der Waals surface area contributed by atoms with E-state index in [-0.39, 0.29) is 6.04 Å². The van der Waals surface area contributed by atoms with Gasteiger partial charge in [-0.05, 0) is 49.3 Å². The fourth-order valence-corrected chi connectivity index (χ4v) is 3.31. The standard InChI is InChI=1S/C14H21N3/c1-10(15)11-5-6-16-14(7-11)17-8-12-3-2-4-13(12)9-17/h5-7,10,12-13H,2-4,8-9,15H2,1H3/t10-,12?,13?/m0/s1.